The molecular weight excluding hydrogens is 348 g/mol. The predicted molar refractivity (Wildman–Crippen MR) is 91.6 cm³/mol. The molecule has 0 saturated carbocycles. The van der Waals surface area contributed by atoms with Crippen LogP contribution in [0.2, 0.25) is 0 Å². The molecule has 1 atom stereocenters. The fourth-order valence-electron chi connectivity index (χ4n) is 2.07. The summed E-state index contributed by atoms with van der Waals surface area (Å²) in [5, 5.41) is 22.6. The number of thiophene rings is 1. The number of aryl methyl sites for hydroxylation is 1. The van der Waals surface area contributed by atoms with Crippen molar-refractivity contribution in [3.05, 3.63) is 81.6 Å². The van der Waals surface area contributed by atoms with E-state index >= 15 is 0 Å². The maximum Gasteiger partial charge on any atom is 2.00 e. The molecule has 1 aliphatic carbocycles. The van der Waals surface area contributed by atoms with Crippen molar-refractivity contribution in [2.45, 2.75) is 26.4 Å². The summed E-state index contributed by atoms with van der Waals surface area (Å²) >= 11 is 1.48. The second kappa shape index (κ2) is 9.64. The summed E-state index contributed by atoms with van der Waals surface area (Å²) in [7, 11) is 0. The van der Waals surface area contributed by atoms with Crippen molar-refractivity contribution in [3.8, 4) is 0 Å². The Labute approximate surface area is 152 Å². The molecule has 1 unspecified atom stereocenters. The van der Waals surface area contributed by atoms with E-state index in [0.29, 0.717) is 0 Å². The Balaban J connectivity index is 0.000000224. The van der Waals surface area contributed by atoms with E-state index in [1.54, 1.807) is 6.92 Å². The Morgan fingerprint density at radius 3 is 2.48 bits per heavy atom. The summed E-state index contributed by atoms with van der Waals surface area (Å²) in [5.74, 6) is 0.120. The zero-order chi connectivity index (χ0) is 15.9. The van der Waals surface area contributed by atoms with Crippen molar-refractivity contribution >= 4 is 17.1 Å². The second-order valence-corrected chi connectivity index (χ2v) is 6.01. The molecule has 0 spiro atoms. The molecule has 0 bridgehead atoms. The molecule has 122 valence electrons. The van der Waals surface area contributed by atoms with Crippen LogP contribution in [0.3, 0.4) is 0 Å². The van der Waals surface area contributed by atoms with Crippen LogP contribution in [0.1, 0.15) is 36.0 Å². The normalized spacial score (nSPS) is 13.3. The third-order valence-electron chi connectivity index (χ3n) is 3.40. The molecule has 3 rings (SSSR count). The van der Waals surface area contributed by atoms with Crippen LogP contribution in [0.25, 0.3) is 5.76 Å². The molecule has 4 heteroatoms. The first-order valence-corrected chi connectivity index (χ1v) is 8.23. The second-order valence-electron chi connectivity index (χ2n) is 5.06. The summed E-state index contributed by atoms with van der Waals surface area (Å²) in [5.41, 5.74) is 3.10. The van der Waals surface area contributed by atoms with Gasteiger partial charge in [-0.2, -0.15) is 23.3 Å². The van der Waals surface area contributed by atoms with Gasteiger partial charge in [0.1, 0.15) is 0 Å². The summed E-state index contributed by atoms with van der Waals surface area (Å²) in [4.78, 5) is 0.807. The molecule has 2 nitrogen and oxygen atoms in total. The van der Waals surface area contributed by atoms with Crippen molar-refractivity contribution in [1.29, 1.82) is 0 Å². The standard InChI is InChI=1S/C10H8OS.C9H13O.Fe/c11-10(8-4-1-2-5-8)9-6-3-7-12-9;1-3-8-4-5-9(6-8)7(2)10;/h1-7,11H;4-7,10H,3H2,1-2H3;/q;-1;+2/p-1. The Kier molecular flexibility index (Phi) is 8.21. The molecule has 1 N–H and O–H groups in total. The minimum absolute atomic E-state index is 0. The molecule has 0 fully saturated rings. The fraction of sp³-hybridized carbons (Fsp3) is 0.211. The van der Waals surface area contributed by atoms with Crippen molar-refractivity contribution in [2.75, 3.05) is 0 Å². The first kappa shape index (κ1) is 19.6. The van der Waals surface area contributed by atoms with Gasteiger partial charge in [-0.3, -0.25) is 0 Å². The van der Waals surface area contributed by atoms with Crippen LogP contribution in [-0.4, -0.2) is 5.11 Å². The molecule has 1 aromatic carbocycles. The van der Waals surface area contributed by atoms with Crippen LogP contribution in [0.4, 0.5) is 0 Å². The van der Waals surface area contributed by atoms with Gasteiger partial charge in [0, 0.05) is 11.0 Å². The smallest absolute Gasteiger partial charge is 0.871 e. The van der Waals surface area contributed by atoms with Crippen LogP contribution in [0.15, 0.2) is 65.6 Å². The molecular formula is C19H20FeO2S. The van der Waals surface area contributed by atoms with Gasteiger partial charge in [0.15, 0.2) is 0 Å². The predicted octanol–water partition coefficient (Wildman–Crippen LogP) is 3.96. The number of aliphatic hydroxyl groups is 1. The van der Waals surface area contributed by atoms with Crippen LogP contribution in [0, 0.1) is 0 Å². The number of hydrogen-bond donors (Lipinski definition) is 1. The quantitative estimate of drug-likeness (QED) is 0.506. The molecule has 1 heterocycles. The van der Waals surface area contributed by atoms with Gasteiger partial charge in [0.2, 0.25) is 0 Å². The van der Waals surface area contributed by atoms with Crippen LogP contribution in [0.5, 0.6) is 0 Å². The third kappa shape index (κ3) is 5.59. The molecule has 0 saturated heterocycles. The topological polar surface area (TPSA) is 43.3 Å². The van der Waals surface area contributed by atoms with Crippen LogP contribution in [-0.2, 0) is 23.5 Å². The van der Waals surface area contributed by atoms with E-state index in [4.69, 9.17) is 5.11 Å². The first-order chi connectivity index (χ1) is 10.6. The molecule has 23 heavy (non-hydrogen) atoms. The van der Waals surface area contributed by atoms with E-state index in [9.17, 15) is 5.11 Å². The van der Waals surface area contributed by atoms with Gasteiger partial charge in [0.25, 0.3) is 0 Å². The van der Waals surface area contributed by atoms with Crippen molar-refractivity contribution in [1.82, 2.24) is 0 Å². The molecule has 1 aromatic heterocycles. The number of aliphatic hydroxyl groups excluding tert-OH is 1. The first-order valence-electron chi connectivity index (χ1n) is 7.35. The van der Waals surface area contributed by atoms with Gasteiger partial charge in [-0.1, -0.05) is 49.5 Å². The number of rotatable bonds is 3. The van der Waals surface area contributed by atoms with Gasteiger partial charge < -0.3 is 10.2 Å². The zero-order valence-electron chi connectivity index (χ0n) is 13.2. The molecule has 2 aromatic rings. The van der Waals surface area contributed by atoms with Gasteiger partial charge in [-0.15, -0.1) is 11.3 Å². The van der Waals surface area contributed by atoms with E-state index in [2.05, 4.69) is 13.0 Å². The molecule has 0 aliphatic heterocycles. The van der Waals surface area contributed by atoms with E-state index in [0.717, 1.165) is 22.4 Å². The van der Waals surface area contributed by atoms with Crippen molar-refractivity contribution in [3.63, 3.8) is 0 Å². The fourth-order valence-corrected chi connectivity index (χ4v) is 2.75. The monoisotopic (exact) mass is 368 g/mol. The van der Waals surface area contributed by atoms with E-state index in [-0.39, 0.29) is 28.9 Å². The maximum absolute atomic E-state index is 11.6. The zero-order valence-corrected chi connectivity index (χ0v) is 15.1. The van der Waals surface area contributed by atoms with Gasteiger partial charge in [0.05, 0.1) is 0 Å². The summed E-state index contributed by atoms with van der Waals surface area (Å²) in [6.07, 6.45) is 8.15. The Hall–Kier alpha value is -1.45. The largest absolute Gasteiger partial charge is 2.00 e. The van der Waals surface area contributed by atoms with Gasteiger partial charge in [-0.05, 0) is 23.9 Å². The molecule has 0 amide bonds. The average Bonchev–Trinajstić information content (AvgIpc) is 3.28. The van der Waals surface area contributed by atoms with Crippen LogP contribution >= 0.6 is 11.3 Å². The van der Waals surface area contributed by atoms with E-state index in [1.165, 1.54) is 16.9 Å². The van der Waals surface area contributed by atoms with Gasteiger partial charge >= 0.3 is 17.1 Å². The SMILES string of the molecule is CCc1cc(C(C)O)c[cH-]1.[Fe+2].[O-]C(=C1C=CC=C1)c1cccs1. The minimum atomic E-state index is -0.319. The molecule has 0 radical (unpaired) electrons. The van der Waals surface area contributed by atoms with Crippen molar-refractivity contribution in [2.24, 2.45) is 0 Å². The maximum atomic E-state index is 11.6. The van der Waals surface area contributed by atoms with E-state index in [1.807, 2.05) is 53.9 Å². The van der Waals surface area contributed by atoms with Crippen molar-refractivity contribution < 1.29 is 27.3 Å². The summed E-state index contributed by atoms with van der Waals surface area (Å²) < 4.78 is 0. The van der Waals surface area contributed by atoms with Crippen LogP contribution < -0.4 is 5.11 Å². The third-order valence-corrected chi connectivity index (χ3v) is 4.27. The minimum Gasteiger partial charge on any atom is -0.871 e. The number of allylic oxidation sites excluding steroid dienone is 5. The van der Waals surface area contributed by atoms with E-state index < -0.39 is 0 Å². The van der Waals surface area contributed by atoms with Gasteiger partial charge in [-0.25, -0.2) is 6.07 Å². The average molecular weight is 368 g/mol. The molecule has 1 aliphatic rings. The Morgan fingerprint density at radius 2 is 2.04 bits per heavy atom. The Morgan fingerprint density at radius 1 is 1.35 bits per heavy atom. The summed E-state index contributed by atoms with van der Waals surface area (Å²) in [6, 6.07) is 9.82. The number of hydrogen-bond acceptors (Lipinski definition) is 3. The summed E-state index contributed by atoms with van der Waals surface area (Å²) in [6.45, 7) is 3.90. The Bertz CT molecular complexity index is 662.